The predicted molar refractivity (Wildman–Crippen MR) is 107 cm³/mol. The molecule has 2 rings (SSSR count). The van der Waals surface area contributed by atoms with Crippen molar-refractivity contribution < 1.29 is 19.7 Å². The molecule has 0 unspecified atom stereocenters. The topological polar surface area (TPSA) is 97.7 Å². The van der Waals surface area contributed by atoms with Crippen LogP contribution in [0.15, 0.2) is 30.5 Å². The molecule has 1 heterocycles. The van der Waals surface area contributed by atoms with Gasteiger partial charge in [0.15, 0.2) is 0 Å². The van der Waals surface area contributed by atoms with Gasteiger partial charge in [-0.05, 0) is 51.2 Å². The lowest BCUT2D eigenvalue weighted by molar-refractivity contribution is -0.00650. The van der Waals surface area contributed by atoms with Crippen LogP contribution in [-0.2, 0) is 11.2 Å². The third-order valence-corrected chi connectivity index (χ3v) is 4.39. The molecule has 4 N–H and O–H groups in total. The first kappa shape index (κ1) is 21.4. The minimum Gasteiger partial charge on any atom is -0.443 e. The first-order valence-electron chi connectivity index (χ1n) is 9.43. The van der Waals surface area contributed by atoms with E-state index in [4.69, 9.17) is 10.5 Å². The number of rotatable bonds is 6. The summed E-state index contributed by atoms with van der Waals surface area (Å²) in [4.78, 5) is 12.6. The van der Waals surface area contributed by atoms with Gasteiger partial charge in [-0.2, -0.15) is 0 Å². The highest BCUT2D eigenvalue weighted by atomic mass is 16.6. The van der Waals surface area contributed by atoms with E-state index in [1.54, 1.807) is 6.20 Å². The molecular formula is C21H32N2O4. The van der Waals surface area contributed by atoms with Gasteiger partial charge in [0.05, 0.1) is 17.7 Å². The standard InChI is InChI=1S/C21H32N2O4/c1-13(2)10-18(24)19(25)16(22)11-14-12-23(20(26)27-21(3,4)5)17-9-7-6-8-15(14)17/h6-9,12-13,16,18-19,24-25H,10-11,22H2,1-5H3/t16-,18-,19+/m0/s1. The number of fused-ring (bicyclic) bond motifs is 1. The lowest BCUT2D eigenvalue weighted by Gasteiger charge is -2.25. The van der Waals surface area contributed by atoms with Gasteiger partial charge in [-0.15, -0.1) is 0 Å². The normalized spacial score (nSPS) is 15.7. The van der Waals surface area contributed by atoms with E-state index < -0.39 is 29.9 Å². The molecule has 6 heteroatoms. The molecule has 0 spiro atoms. The Morgan fingerprint density at radius 2 is 1.85 bits per heavy atom. The second-order valence-corrected chi connectivity index (χ2v) is 8.58. The van der Waals surface area contributed by atoms with E-state index in [2.05, 4.69) is 0 Å². The van der Waals surface area contributed by atoms with E-state index in [1.165, 1.54) is 4.57 Å². The summed E-state index contributed by atoms with van der Waals surface area (Å²) in [7, 11) is 0. The summed E-state index contributed by atoms with van der Waals surface area (Å²) < 4.78 is 6.95. The lowest BCUT2D eigenvalue weighted by atomic mass is 9.94. The van der Waals surface area contributed by atoms with E-state index in [0.29, 0.717) is 12.8 Å². The van der Waals surface area contributed by atoms with Crippen molar-refractivity contribution in [3.05, 3.63) is 36.0 Å². The summed E-state index contributed by atoms with van der Waals surface area (Å²) in [5, 5.41) is 21.4. The summed E-state index contributed by atoms with van der Waals surface area (Å²) >= 11 is 0. The molecule has 0 aliphatic rings. The molecule has 27 heavy (non-hydrogen) atoms. The van der Waals surface area contributed by atoms with E-state index in [1.807, 2.05) is 58.9 Å². The van der Waals surface area contributed by atoms with Gasteiger partial charge >= 0.3 is 6.09 Å². The van der Waals surface area contributed by atoms with Crippen molar-refractivity contribution in [1.29, 1.82) is 0 Å². The highest BCUT2D eigenvalue weighted by Crippen LogP contribution is 2.25. The lowest BCUT2D eigenvalue weighted by Crippen LogP contribution is -2.44. The average Bonchev–Trinajstić information content (AvgIpc) is 2.91. The van der Waals surface area contributed by atoms with Gasteiger partial charge in [0.25, 0.3) is 0 Å². The van der Waals surface area contributed by atoms with Crippen LogP contribution in [0.4, 0.5) is 4.79 Å². The number of benzene rings is 1. The number of aromatic nitrogens is 1. The zero-order valence-corrected chi connectivity index (χ0v) is 16.8. The van der Waals surface area contributed by atoms with Gasteiger partial charge in [0.1, 0.15) is 5.60 Å². The van der Waals surface area contributed by atoms with Gasteiger partial charge in [0, 0.05) is 17.6 Å². The van der Waals surface area contributed by atoms with Gasteiger partial charge < -0.3 is 20.7 Å². The summed E-state index contributed by atoms with van der Waals surface area (Å²) in [5.41, 5.74) is 7.13. The third kappa shape index (κ3) is 5.54. The molecule has 0 aliphatic heterocycles. The minimum atomic E-state index is -1.03. The van der Waals surface area contributed by atoms with Crippen LogP contribution in [0.2, 0.25) is 0 Å². The number of nitrogens with two attached hydrogens (primary N) is 1. The molecule has 0 bridgehead atoms. The predicted octanol–water partition coefficient (Wildman–Crippen LogP) is 3.06. The summed E-state index contributed by atoms with van der Waals surface area (Å²) in [6.07, 6.45) is 0.163. The van der Waals surface area contributed by atoms with Gasteiger partial charge in [-0.25, -0.2) is 4.79 Å². The highest BCUT2D eigenvalue weighted by molar-refractivity contribution is 5.92. The Kier molecular flexibility index (Phi) is 6.68. The quantitative estimate of drug-likeness (QED) is 0.720. The zero-order valence-electron chi connectivity index (χ0n) is 16.8. The van der Waals surface area contributed by atoms with Crippen LogP contribution in [0.1, 0.15) is 46.6 Å². The number of carbonyl (C=O) groups is 1. The fraction of sp³-hybridized carbons (Fsp3) is 0.571. The van der Waals surface area contributed by atoms with E-state index in [0.717, 1.165) is 16.5 Å². The molecule has 0 aliphatic carbocycles. The maximum atomic E-state index is 12.6. The first-order valence-corrected chi connectivity index (χ1v) is 9.43. The Morgan fingerprint density at radius 3 is 2.44 bits per heavy atom. The molecule has 0 saturated carbocycles. The summed E-state index contributed by atoms with van der Waals surface area (Å²) in [6, 6.07) is 6.86. The van der Waals surface area contributed by atoms with Gasteiger partial charge in [-0.3, -0.25) is 4.57 Å². The van der Waals surface area contributed by atoms with Crippen LogP contribution in [0, 0.1) is 5.92 Å². The highest BCUT2D eigenvalue weighted by Gasteiger charge is 2.26. The Bertz CT molecular complexity index is 776. The molecule has 0 fully saturated rings. The molecule has 1 aromatic carbocycles. The fourth-order valence-corrected chi connectivity index (χ4v) is 3.16. The summed E-state index contributed by atoms with van der Waals surface area (Å²) in [6.45, 7) is 9.42. The number of ether oxygens (including phenoxy) is 1. The maximum Gasteiger partial charge on any atom is 0.419 e. The third-order valence-electron chi connectivity index (χ3n) is 4.39. The SMILES string of the molecule is CC(C)C[C@H](O)[C@H](O)[C@@H](N)Cc1cn(C(=O)OC(C)(C)C)c2ccccc12. The molecule has 0 radical (unpaired) electrons. The summed E-state index contributed by atoms with van der Waals surface area (Å²) in [5.74, 6) is 0.260. The van der Waals surface area contributed by atoms with Crippen molar-refractivity contribution in [3.8, 4) is 0 Å². The number of aliphatic hydroxyl groups is 2. The Balaban J connectivity index is 2.27. The maximum absolute atomic E-state index is 12.6. The van der Waals surface area contributed by atoms with E-state index in [9.17, 15) is 15.0 Å². The van der Waals surface area contributed by atoms with Crippen LogP contribution in [0.5, 0.6) is 0 Å². The van der Waals surface area contributed by atoms with E-state index >= 15 is 0 Å². The van der Waals surface area contributed by atoms with Gasteiger partial charge in [0.2, 0.25) is 0 Å². The molecule has 1 aromatic heterocycles. The number of nitrogens with zero attached hydrogens (tertiary/aromatic N) is 1. The molecule has 6 nitrogen and oxygen atoms in total. The molecule has 0 saturated heterocycles. The average molecular weight is 376 g/mol. The Morgan fingerprint density at radius 1 is 1.22 bits per heavy atom. The largest absolute Gasteiger partial charge is 0.443 e. The second kappa shape index (κ2) is 8.42. The number of carbonyl (C=O) groups excluding carboxylic acids is 1. The number of hydrogen-bond acceptors (Lipinski definition) is 5. The van der Waals surface area contributed by atoms with Crippen molar-refractivity contribution in [2.45, 2.75) is 71.3 Å². The second-order valence-electron chi connectivity index (χ2n) is 8.58. The smallest absolute Gasteiger partial charge is 0.419 e. The number of aliphatic hydroxyl groups excluding tert-OH is 2. The fourth-order valence-electron chi connectivity index (χ4n) is 3.16. The molecule has 150 valence electrons. The van der Waals surface area contributed by atoms with Crippen LogP contribution < -0.4 is 5.73 Å². The molecule has 0 amide bonds. The first-order chi connectivity index (χ1) is 12.5. The molecule has 3 atom stereocenters. The van der Waals surface area contributed by atoms with Crippen LogP contribution in [-0.4, -0.2) is 44.7 Å². The molecular weight excluding hydrogens is 344 g/mol. The van der Waals surface area contributed by atoms with Crippen molar-refractivity contribution >= 4 is 17.0 Å². The number of hydrogen-bond donors (Lipinski definition) is 3. The zero-order chi connectivity index (χ0) is 20.4. The van der Waals surface area contributed by atoms with Crippen molar-refractivity contribution in [3.63, 3.8) is 0 Å². The van der Waals surface area contributed by atoms with E-state index in [-0.39, 0.29) is 5.92 Å². The Hall–Kier alpha value is -1.89. The van der Waals surface area contributed by atoms with Crippen LogP contribution >= 0.6 is 0 Å². The van der Waals surface area contributed by atoms with Crippen LogP contribution in [0.3, 0.4) is 0 Å². The number of para-hydroxylation sites is 1. The molecule has 2 aromatic rings. The van der Waals surface area contributed by atoms with Crippen molar-refractivity contribution in [2.24, 2.45) is 11.7 Å². The Labute approximate surface area is 160 Å². The van der Waals surface area contributed by atoms with Gasteiger partial charge in [-0.1, -0.05) is 32.0 Å². The van der Waals surface area contributed by atoms with Crippen molar-refractivity contribution in [1.82, 2.24) is 4.57 Å². The monoisotopic (exact) mass is 376 g/mol. The van der Waals surface area contributed by atoms with Crippen LogP contribution in [0.25, 0.3) is 10.9 Å². The van der Waals surface area contributed by atoms with Crippen molar-refractivity contribution in [2.75, 3.05) is 0 Å². The minimum absolute atomic E-state index is 0.260.